The van der Waals surface area contributed by atoms with E-state index < -0.39 is 5.63 Å². The zero-order valence-corrected chi connectivity index (χ0v) is 14.7. The third-order valence-corrected chi connectivity index (χ3v) is 4.81. The number of ether oxygens (including phenoxy) is 3. The van der Waals surface area contributed by atoms with Crippen LogP contribution in [0.3, 0.4) is 0 Å². The van der Waals surface area contributed by atoms with E-state index in [0.717, 1.165) is 11.3 Å². The van der Waals surface area contributed by atoms with E-state index in [4.69, 9.17) is 18.6 Å². The highest BCUT2D eigenvalue weighted by Gasteiger charge is 2.18. The summed E-state index contributed by atoms with van der Waals surface area (Å²) < 4.78 is 21.4. The van der Waals surface area contributed by atoms with Crippen molar-refractivity contribution in [2.75, 3.05) is 21.3 Å². The zero-order valence-electron chi connectivity index (χ0n) is 13.8. The molecule has 3 aromatic rings. The molecule has 0 saturated carbocycles. The van der Waals surface area contributed by atoms with Crippen molar-refractivity contribution in [3.05, 3.63) is 33.5 Å². The minimum Gasteiger partial charge on any atom is -0.493 e. The van der Waals surface area contributed by atoms with Gasteiger partial charge in [-0.05, 0) is 24.6 Å². The van der Waals surface area contributed by atoms with Crippen LogP contribution in [0.25, 0.3) is 21.7 Å². The molecule has 0 unspecified atom stereocenters. The molecule has 2 aromatic heterocycles. The van der Waals surface area contributed by atoms with Crippen LogP contribution in [-0.4, -0.2) is 26.3 Å². The molecule has 0 N–H and O–H groups in total. The third kappa shape index (κ3) is 2.71. The maximum atomic E-state index is 12.2. The normalized spacial score (nSPS) is 10.8. The molecular formula is C17H17NO5S. The first-order chi connectivity index (χ1) is 11.6. The zero-order chi connectivity index (χ0) is 17.3. The van der Waals surface area contributed by atoms with Crippen molar-refractivity contribution >= 4 is 21.6 Å². The highest BCUT2D eigenvalue weighted by atomic mass is 32.1. The fraction of sp³-hybridized carbons (Fsp3) is 0.294. The standard InChI is InChI=1S/C17H17NO5S/c1-5-10-8-11-16(24-10)18-15(23-17(11)19)9-6-12(20-2)14(22-4)13(7-9)21-3/h6-8H,5H2,1-4H3. The van der Waals surface area contributed by atoms with Gasteiger partial charge in [0.1, 0.15) is 4.83 Å². The highest BCUT2D eigenvalue weighted by molar-refractivity contribution is 7.18. The van der Waals surface area contributed by atoms with Gasteiger partial charge in [-0.2, -0.15) is 0 Å². The Balaban J connectivity index is 2.21. The lowest BCUT2D eigenvalue weighted by Gasteiger charge is -2.13. The van der Waals surface area contributed by atoms with E-state index in [1.165, 1.54) is 32.7 Å². The molecule has 126 valence electrons. The van der Waals surface area contributed by atoms with E-state index >= 15 is 0 Å². The van der Waals surface area contributed by atoms with Crippen molar-refractivity contribution in [3.63, 3.8) is 0 Å². The predicted octanol–water partition coefficient (Wildman–Crippen LogP) is 3.50. The quantitative estimate of drug-likeness (QED) is 0.703. The molecule has 0 bridgehead atoms. The fourth-order valence-electron chi connectivity index (χ4n) is 2.42. The van der Waals surface area contributed by atoms with Gasteiger partial charge in [-0.1, -0.05) is 6.92 Å². The summed E-state index contributed by atoms with van der Waals surface area (Å²) in [4.78, 5) is 18.5. The molecule has 0 fully saturated rings. The second-order valence-corrected chi connectivity index (χ2v) is 6.12. The number of fused-ring (bicyclic) bond motifs is 1. The number of aromatic nitrogens is 1. The van der Waals surface area contributed by atoms with Crippen LogP contribution < -0.4 is 19.8 Å². The smallest absolute Gasteiger partial charge is 0.347 e. The Labute approximate surface area is 142 Å². The minimum atomic E-state index is -0.403. The molecule has 0 saturated heterocycles. The Morgan fingerprint density at radius 1 is 1.08 bits per heavy atom. The summed E-state index contributed by atoms with van der Waals surface area (Å²) in [5, 5.41) is 0.507. The molecule has 0 amide bonds. The van der Waals surface area contributed by atoms with Gasteiger partial charge in [-0.25, -0.2) is 9.78 Å². The molecule has 0 aliphatic heterocycles. The largest absolute Gasteiger partial charge is 0.493 e. The van der Waals surface area contributed by atoms with Gasteiger partial charge in [0.25, 0.3) is 0 Å². The molecule has 3 rings (SSSR count). The maximum absolute atomic E-state index is 12.2. The van der Waals surface area contributed by atoms with Gasteiger partial charge >= 0.3 is 5.63 Å². The number of thiophene rings is 1. The number of benzene rings is 1. The van der Waals surface area contributed by atoms with Crippen molar-refractivity contribution in [2.45, 2.75) is 13.3 Å². The lowest BCUT2D eigenvalue weighted by Crippen LogP contribution is -2.01. The van der Waals surface area contributed by atoms with Crippen LogP contribution in [0, 0.1) is 0 Å². The number of rotatable bonds is 5. The van der Waals surface area contributed by atoms with Crippen LogP contribution in [0.15, 0.2) is 27.4 Å². The van der Waals surface area contributed by atoms with Crippen LogP contribution in [0.1, 0.15) is 11.8 Å². The summed E-state index contributed by atoms with van der Waals surface area (Å²) in [6, 6.07) is 5.23. The topological polar surface area (TPSA) is 70.8 Å². The molecule has 6 nitrogen and oxygen atoms in total. The van der Waals surface area contributed by atoms with Gasteiger partial charge in [0.05, 0.1) is 26.7 Å². The molecule has 24 heavy (non-hydrogen) atoms. The Kier molecular flexibility index (Phi) is 4.44. The van der Waals surface area contributed by atoms with Crippen LogP contribution in [0.5, 0.6) is 17.2 Å². The molecule has 0 spiro atoms. The van der Waals surface area contributed by atoms with Gasteiger partial charge in [-0.15, -0.1) is 11.3 Å². The van der Waals surface area contributed by atoms with Crippen LogP contribution in [-0.2, 0) is 6.42 Å². The van der Waals surface area contributed by atoms with Crippen molar-refractivity contribution in [3.8, 4) is 28.7 Å². The van der Waals surface area contributed by atoms with E-state index in [0.29, 0.717) is 33.0 Å². The molecular weight excluding hydrogens is 330 g/mol. The molecule has 7 heteroatoms. The Morgan fingerprint density at radius 3 is 2.29 bits per heavy atom. The lowest BCUT2D eigenvalue weighted by molar-refractivity contribution is 0.324. The summed E-state index contributed by atoms with van der Waals surface area (Å²) in [7, 11) is 4.59. The van der Waals surface area contributed by atoms with E-state index in [2.05, 4.69) is 4.98 Å². The van der Waals surface area contributed by atoms with Crippen molar-refractivity contribution in [1.29, 1.82) is 0 Å². The highest BCUT2D eigenvalue weighted by Crippen LogP contribution is 2.41. The molecule has 2 heterocycles. The van der Waals surface area contributed by atoms with Gasteiger partial charge < -0.3 is 18.6 Å². The van der Waals surface area contributed by atoms with E-state index in [-0.39, 0.29) is 5.89 Å². The first kappa shape index (κ1) is 16.3. The second-order valence-electron chi connectivity index (χ2n) is 5.01. The molecule has 0 radical (unpaired) electrons. The third-order valence-electron chi connectivity index (χ3n) is 3.64. The van der Waals surface area contributed by atoms with E-state index in [1.807, 2.05) is 13.0 Å². The number of hydrogen-bond donors (Lipinski definition) is 0. The van der Waals surface area contributed by atoms with Crippen molar-refractivity contribution in [1.82, 2.24) is 4.98 Å². The fourth-order valence-corrected chi connectivity index (χ4v) is 3.37. The molecule has 0 aliphatic rings. The molecule has 0 aliphatic carbocycles. The first-order valence-electron chi connectivity index (χ1n) is 7.35. The van der Waals surface area contributed by atoms with E-state index in [1.54, 1.807) is 12.1 Å². The average Bonchev–Trinajstić information content (AvgIpc) is 3.04. The minimum absolute atomic E-state index is 0.219. The number of nitrogens with zero attached hydrogens (tertiary/aromatic N) is 1. The van der Waals surface area contributed by atoms with Crippen molar-refractivity contribution in [2.24, 2.45) is 0 Å². The SMILES string of the molecule is CCc1cc2c(=O)oc(-c3cc(OC)c(OC)c(OC)c3)nc2s1. The Morgan fingerprint density at radius 2 is 1.75 bits per heavy atom. The van der Waals surface area contributed by atoms with Crippen molar-refractivity contribution < 1.29 is 18.6 Å². The Bertz CT molecular complexity index is 919. The molecule has 0 atom stereocenters. The average molecular weight is 347 g/mol. The number of aryl methyl sites for hydroxylation is 1. The second kappa shape index (κ2) is 6.52. The van der Waals surface area contributed by atoms with Gasteiger partial charge in [-0.3, -0.25) is 0 Å². The van der Waals surface area contributed by atoms with Crippen LogP contribution in [0.4, 0.5) is 0 Å². The number of methoxy groups -OCH3 is 3. The summed E-state index contributed by atoms with van der Waals surface area (Å²) in [6.45, 7) is 2.03. The first-order valence-corrected chi connectivity index (χ1v) is 8.16. The van der Waals surface area contributed by atoms with Gasteiger partial charge in [0.2, 0.25) is 11.6 Å². The van der Waals surface area contributed by atoms with Gasteiger partial charge in [0.15, 0.2) is 11.5 Å². The summed E-state index contributed by atoms with van der Waals surface area (Å²) >= 11 is 1.49. The monoisotopic (exact) mass is 347 g/mol. The number of hydrogen-bond acceptors (Lipinski definition) is 7. The molecule has 1 aromatic carbocycles. The van der Waals surface area contributed by atoms with Crippen LogP contribution in [0.2, 0.25) is 0 Å². The lowest BCUT2D eigenvalue weighted by atomic mass is 10.1. The predicted molar refractivity (Wildman–Crippen MR) is 92.6 cm³/mol. The van der Waals surface area contributed by atoms with Crippen LogP contribution >= 0.6 is 11.3 Å². The summed E-state index contributed by atoms with van der Waals surface area (Å²) in [5.41, 5.74) is 0.176. The summed E-state index contributed by atoms with van der Waals surface area (Å²) in [5.74, 6) is 1.63. The Hall–Kier alpha value is -2.54. The summed E-state index contributed by atoms with van der Waals surface area (Å²) in [6.07, 6.45) is 0.847. The maximum Gasteiger partial charge on any atom is 0.347 e. The van der Waals surface area contributed by atoms with E-state index in [9.17, 15) is 4.79 Å². The van der Waals surface area contributed by atoms with Gasteiger partial charge in [0, 0.05) is 10.4 Å².